The molecule has 2 nitrogen and oxygen atoms in total. The number of rotatable bonds is 2. The van der Waals surface area contributed by atoms with Gasteiger partial charge in [0.05, 0.1) is 6.61 Å². The monoisotopic (exact) mass is 244 g/mol. The third-order valence-electron chi connectivity index (χ3n) is 3.09. The van der Waals surface area contributed by atoms with E-state index >= 15 is 0 Å². The maximum Gasteiger partial charge on any atom is 0.127 e. The van der Waals surface area contributed by atoms with E-state index in [1.54, 1.807) is 6.07 Å². The van der Waals surface area contributed by atoms with Gasteiger partial charge in [0, 0.05) is 10.8 Å². The summed E-state index contributed by atoms with van der Waals surface area (Å²) in [6, 6.07) is 9.62. The second-order valence-corrected chi connectivity index (χ2v) is 5.49. The molecule has 0 saturated carbocycles. The van der Waals surface area contributed by atoms with Gasteiger partial charge in [-0.2, -0.15) is 0 Å². The highest BCUT2D eigenvalue weighted by Gasteiger charge is 2.19. The van der Waals surface area contributed by atoms with E-state index in [9.17, 15) is 5.11 Å². The maximum atomic E-state index is 10.2. The van der Waals surface area contributed by atoms with Crippen LogP contribution in [0, 0.1) is 0 Å². The van der Waals surface area contributed by atoms with Gasteiger partial charge in [0.15, 0.2) is 0 Å². The van der Waals surface area contributed by atoms with Gasteiger partial charge in [-0.1, -0.05) is 39.0 Å². The molecule has 18 heavy (non-hydrogen) atoms. The highest BCUT2D eigenvalue weighted by molar-refractivity contribution is 5.96. The first-order valence-electron chi connectivity index (χ1n) is 6.33. The Bertz CT molecular complexity index is 565. The zero-order chi connectivity index (χ0) is 13.3. The summed E-state index contributed by atoms with van der Waals surface area (Å²) in [5.74, 6) is 1.15. The van der Waals surface area contributed by atoms with E-state index in [-0.39, 0.29) is 5.41 Å². The van der Waals surface area contributed by atoms with Crippen LogP contribution in [0.3, 0.4) is 0 Å². The van der Waals surface area contributed by atoms with Gasteiger partial charge in [-0.15, -0.1) is 0 Å². The van der Waals surface area contributed by atoms with Crippen molar-refractivity contribution in [3.63, 3.8) is 0 Å². The summed E-state index contributed by atoms with van der Waals surface area (Å²) in [6.45, 7) is 9.03. The van der Waals surface area contributed by atoms with Crippen molar-refractivity contribution in [2.24, 2.45) is 0 Å². The fourth-order valence-corrected chi connectivity index (χ4v) is 2.27. The lowest BCUT2D eigenvalue weighted by Gasteiger charge is -2.22. The minimum Gasteiger partial charge on any atom is -0.507 e. The summed E-state index contributed by atoms with van der Waals surface area (Å²) in [5.41, 5.74) is 1.13. The molecule has 0 aliphatic heterocycles. The van der Waals surface area contributed by atoms with Gasteiger partial charge in [0.2, 0.25) is 0 Å². The molecule has 2 aromatic carbocycles. The van der Waals surface area contributed by atoms with Gasteiger partial charge >= 0.3 is 0 Å². The van der Waals surface area contributed by atoms with E-state index in [2.05, 4.69) is 26.8 Å². The van der Waals surface area contributed by atoms with Crippen LogP contribution in [0.4, 0.5) is 0 Å². The maximum absolute atomic E-state index is 10.2. The number of phenols is 1. The zero-order valence-corrected chi connectivity index (χ0v) is 11.4. The molecule has 0 amide bonds. The van der Waals surface area contributed by atoms with Gasteiger partial charge in [-0.25, -0.2) is 0 Å². The number of aromatic hydroxyl groups is 1. The predicted molar refractivity (Wildman–Crippen MR) is 75.5 cm³/mol. The SMILES string of the molecule is CCOc1ccc(O)c2c(C(C)(C)C)cccc12. The molecule has 96 valence electrons. The summed E-state index contributed by atoms with van der Waals surface area (Å²) in [4.78, 5) is 0. The van der Waals surface area contributed by atoms with Gasteiger partial charge < -0.3 is 9.84 Å². The summed E-state index contributed by atoms with van der Waals surface area (Å²) in [6.07, 6.45) is 0. The average Bonchev–Trinajstić information content (AvgIpc) is 2.31. The molecule has 0 fully saturated rings. The van der Waals surface area contributed by atoms with Crippen molar-refractivity contribution in [1.82, 2.24) is 0 Å². The molecule has 0 bridgehead atoms. The van der Waals surface area contributed by atoms with E-state index in [1.807, 2.05) is 25.1 Å². The number of benzene rings is 2. The van der Waals surface area contributed by atoms with Gasteiger partial charge in [0.1, 0.15) is 11.5 Å². The van der Waals surface area contributed by atoms with E-state index in [0.717, 1.165) is 22.1 Å². The van der Waals surface area contributed by atoms with Crippen LogP contribution in [0.1, 0.15) is 33.3 Å². The molecule has 0 spiro atoms. The van der Waals surface area contributed by atoms with E-state index < -0.39 is 0 Å². The molecule has 1 N–H and O–H groups in total. The average molecular weight is 244 g/mol. The van der Waals surface area contributed by atoms with Crippen molar-refractivity contribution in [3.8, 4) is 11.5 Å². The molecule has 0 atom stereocenters. The van der Waals surface area contributed by atoms with Crippen LogP contribution in [0.5, 0.6) is 11.5 Å². The summed E-state index contributed by atoms with van der Waals surface area (Å²) >= 11 is 0. The minimum atomic E-state index is -0.0121. The molecule has 0 aromatic heterocycles. The normalized spacial score (nSPS) is 11.8. The second-order valence-electron chi connectivity index (χ2n) is 5.49. The lowest BCUT2D eigenvalue weighted by atomic mass is 9.83. The van der Waals surface area contributed by atoms with Crippen molar-refractivity contribution in [2.45, 2.75) is 33.1 Å². The summed E-state index contributed by atoms with van der Waals surface area (Å²) in [5, 5.41) is 12.0. The van der Waals surface area contributed by atoms with Crippen LogP contribution < -0.4 is 4.74 Å². The Labute approximate surface area is 108 Å². The van der Waals surface area contributed by atoms with Crippen molar-refractivity contribution in [1.29, 1.82) is 0 Å². The molecule has 0 aliphatic rings. The number of ether oxygens (including phenoxy) is 1. The van der Waals surface area contributed by atoms with Crippen LogP contribution in [0.2, 0.25) is 0 Å². The van der Waals surface area contributed by atoms with E-state index in [1.165, 1.54) is 0 Å². The molecule has 2 aromatic rings. The molecular weight excluding hydrogens is 224 g/mol. The van der Waals surface area contributed by atoms with Gasteiger partial charge in [0.25, 0.3) is 0 Å². The van der Waals surface area contributed by atoms with E-state index in [4.69, 9.17) is 4.74 Å². The zero-order valence-electron chi connectivity index (χ0n) is 11.4. The Hall–Kier alpha value is -1.70. The Balaban J connectivity index is 2.80. The topological polar surface area (TPSA) is 29.5 Å². The molecule has 2 rings (SSSR count). The van der Waals surface area contributed by atoms with Crippen LogP contribution in [-0.4, -0.2) is 11.7 Å². The summed E-state index contributed by atoms with van der Waals surface area (Å²) < 4.78 is 5.63. The van der Waals surface area contributed by atoms with Crippen molar-refractivity contribution in [2.75, 3.05) is 6.61 Å². The van der Waals surface area contributed by atoms with Crippen LogP contribution >= 0.6 is 0 Å². The molecule has 2 heteroatoms. The molecular formula is C16H20O2. The van der Waals surface area contributed by atoms with Crippen LogP contribution in [0.15, 0.2) is 30.3 Å². The fourth-order valence-electron chi connectivity index (χ4n) is 2.27. The quantitative estimate of drug-likeness (QED) is 0.856. The van der Waals surface area contributed by atoms with Crippen molar-refractivity contribution >= 4 is 10.8 Å². The minimum absolute atomic E-state index is 0.0121. The van der Waals surface area contributed by atoms with Gasteiger partial charge in [-0.05, 0) is 30.0 Å². The third-order valence-corrected chi connectivity index (χ3v) is 3.09. The van der Waals surface area contributed by atoms with Crippen molar-refractivity contribution in [3.05, 3.63) is 35.9 Å². The Morgan fingerprint density at radius 2 is 1.83 bits per heavy atom. The molecule has 0 radical (unpaired) electrons. The standard InChI is InChI=1S/C16H20O2/c1-5-18-14-10-9-13(17)15-11(14)7-6-8-12(15)16(2,3)4/h6-10,17H,5H2,1-4H3. The number of phenolic OH excluding ortho intramolecular Hbond substituents is 1. The number of hydrogen-bond acceptors (Lipinski definition) is 2. The van der Waals surface area contributed by atoms with Gasteiger partial charge in [-0.3, -0.25) is 0 Å². The van der Waals surface area contributed by atoms with Crippen molar-refractivity contribution < 1.29 is 9.84 Å². The molecule has 0 aliphatic carbocycles. The largest absolute Gasteiger partial charge is 0.507 e. The lowest BCUT2D eigenvalue weighted by Crippen LogP contribution is -2.11. The molecule has 0 saturated heterocycles. The third kappa shape index (κ3) is 2.15. The lowest BCUT2D eigenvalue weighted by molar-refractivity contribution is 0.344. The number of fused-ring (bicyclic) bond motifs is 1. The molecule has 0 unspecified atom stereocenters. The first kappa shape index (κ1) is 12.7. The highest BCUT2D eigenvalue weighted by Crippen LogP contribution is 2.39. The second kappa shape index (κ2) is 4.52. The fraction of sp³-hybridized carbons (Fsp3) is 0.375. The first-order valence-corrected chi connectivity index (χ1v) is 6.33. The number of hydrogen-bond donors (Lipinski definition) is 1. The first-order chi connectivity index (χ1) is 8.45. The smallest absolute Gasteiger partial charge is 0.127 e. The van der Waals surface area contributed by atoms with Crippen LogP contribution in [-0.2, 0) is 5.41 Å². The Morgan fingerprint density at radius 3 is 2.44 bits per heavy atom. The highest BCUT2D eigenvalue weighted by atomic mass is 16.5. The van der Waals surface area contributed by atoms with E-state index in [0.29, 0.717) is 12.4 Å². The molecule has 0 heterocycles. The Morgan fingerprint density at radius 1 is 1.11 bits per heavy atom. The van der Waals surface area contributed by atoms with Crippen LogP contribution in [0.25, 0.3) is 10.8 Å². The predicted octanol–water partition coefficient (Wildman–Crippen LogP) is 4.24. The summed E-state index contributed by atoms with van der Waals surface area (Å²) in [7, 11) is 0. The Kier molecular flexibility index (Phi) is 3.20.